The van der Waals surface area contributed by atoms with Crippen LogP contribution in [0.5, 0.6) is 6.01 Å². The van der Waals surface area contributed by atoms with Gasteiger partial charge in [0.15, 0.2) is 0 Å². The number of rotatable bonds is 4. The Morgan fingerprint density at radius 3 is 2.55 bits per heavy atom. The molecule has 0 fully saturated rings. The lowest BCUT2D eigenvalue weighted by molar-refractivity contribution is 0.102. The van der Waals surface area contributed by atoms with Crippen molar-refractivity contribution >= 4 is 11.6 Å². The molecule has 7 nitrogen and oxygen atoms in total. The number of amides is 1. The topological polar surface area (TPSA) is 86.1 Å². The van der Waals surface area contributed by atoms with E-state index in [2.05, 4.69) is 15.3 Å². The van der Waals surface area contributed by atoms with Gasteiger partial charge in [-0.05, 0) is 32.9 Å². The lowest BCUT2D eigenvalue weighted by Gasteiger charge is -2.12. The molecule has 0 saturated heterocycles. The minimum atomic E-state index is -0.486. The SMILES string of the molecule is CCOc1nc(C)c(NC(=O)c2cccn(C)c2=O)c(C)n1. The minimum Gasteiger partial charge on any atom is -0.464 e. The van der Waals surface area contributed by atoms with Crippen molar-refractivity contribution in [2.45, 2.75) is 20.8 Å². The second-order valence-electron chi connectivity index (χ2n) is 4.78. The Morgan fingerprint density at radius 2 is 1.95 bits per heavy atom. The zero-order chi connectivity index (χ0) is 16.3. The van der Waals surface area contributed by atoms with Crippen LogP contribution in [0.25, 0.3) is 0 Å². The molecule has 2 aromatic heterocycles. The summed E-state index contributed by atoms with van der Waals surface area (Å²) in [6, 6.07) is 3.40. The zero-order valence-electron chi connectivity index (χ0n) is 13.0. The van der Waals surface area contributed by atoms with E-state index in [1.807, 2.05) is 6.92 Å². The number of aromatic nitrogens is 3. The van der Waals surface area contributed by atoms with Gasteiger partial charge in [0.2, 0.25) is 0 Å². The van der Waals surface area contributed by atoms with Gasteiger partial charge in [0.1, 0.15) is 5.56 Å². The maximum absolute atomic E-state index is 12.3. The van der Waals surface area contributed by atoms with Crippen molar-refractivity contribution in [2.75, 3.05) is 11.9 Å². The molecule has 0 unspecified atom stereocenters. The molecule has 1 amide bonds. The van der Waals surface area contributed by atoms with Gasteiger partial charge in [0.05, 0.1) is 23.7 Å². The molecule has 22 heavy (non-hydrogen) atoms. The van der Waals surface area contributed by atoms with Crippen molar-refractivity contribution in [1.29, 1.82) is 0 Å². The van der Waals surface area contributed by atoms with Crippen LogP contribution in [0.15, 0.2) is 23.1 Å². The van der Waals surface area contributed by atoms with Crippen LogP contribution in [-0.2, 0) is 7.05 Å². The van der Waals surface area contributed by atoms with Crippen molar-refractivity contribution < 1.29 is 9.53 Å². The number of hydrogen-bond acceptors (Lipinski definition) is 5. The number of nitrogens with zero attached hydrogens (tertiary/aromatic N) is 3. The molecule has 0 saturated carbocycles. The van der Waals surface area contributed by atoms with Crippen LogP contribution in [0.3, 0.4) is 0 Å². The third kappa shape index (κ3) is 3.13. The molecule has 0 spiro atoms. The molecule has 0 aliphatic carbocycles. The van der Waals surface area contributed by atoms with Crippen LogP contribution in [0, 0.1) is 13.8 Å². The highest BCUT2D eigenvalue weighted by Gasteiger charge is 2.16. The second-order valence-corrected chi connectivity index (χ2v) is 4.78. The fraction of sp³-hybridized carbons (Fsp3) is 0.333. The largest absolute Gasteiger partial charge is 0.464 e. The van der Waals surface area contributed by atoms with Crippen molar-refractivity contribution in [2.24, 2.45) is 7.05 Å². The molecule has 2 aromatic rings. The summed E-state index contributed by atoms with van der Waals surface area (Å²) in [5.74, 6) is -0.486. The first-order chi connectivity index (χ1) is 10.4. The summed E-state index contributed by atoms with van der Waals surface area (Å²) in [6.07, 6.45) is 1.59. The summed E-state index contributed by atoms with van der Waals surface area (Å²) in [7, 11) is 1.59. The quantitative estimate of drug-likeness (QED) is 0.923. The molecular formula is C15H18N4O3. The molecular weight excluding hydrogens is 284 g/mol. The average Bonchev–Trinajstić information content (AvgIpc) is 2.46. The Hall–Kier alpha value is -2.70. The molecule has 0 atom stereocenters. The summed E-state index contributed by atoms with van der Waals surface area (Å²) >= 11 is 0. The van der Waals surface area contributed by atoms with Crippen LogP contribution in [-0.4, -0.2) is 27.0 Å². The van der Waals surface area contributed by atoms with Crippen molar-refractivity contribution in [1.82, 2.24) is 14.5 Å². The maximum atomic E-state index is 12.3. The van der Waals surface area contributed by atoms with Crippen molar-refractivity contribution in [3.05, 3.63) is 45.6 Å². The van der Waals surface area contributed by atoms with Gasteiger partial charge in [-0.15, -0.1) is 0 Å². The van der Waals surface area contributed by atoms with E-state index in [1.54, 1.807) is 33.2 Å². The molecule has 0 aliphatic rings. The molecule has 0 aromatic carbocycles. The Bertz CT molecular complexity index is 745. The maximum Gasteiger partial charge on any atom is 0.316 e. The molecule has 116 valence electrons. The third-order valence-electron chi connectivity index (χ3n) is 3.13. The Kier molecular flexibility index (Phi) is 4.55. The first-order valence-electron chi connectivity index (χ1n) is 6.89. The summed E-state index contributed by atoms with van der Waals surface area (Å²) in [4.78, 5) is 32.6. The van der Waals surface area contributed by atoms with Crippen molar-refractivity contribution in [3.8, 4) is 6.01 Å². The molecule has 7 heteroatoms. The van der Waals surface area contributed by atoms with E-state index in [-0.39, 0.29) is 17.1 Å². The van der Waals surface area contributed by atoms with Gasteiger partial charge in [-0.25, -0.2) is 0 Å². The fourth-order valence-electron chi connectivity index (χ4n) is 2.01. The van der Waals surface area contributed by atoms with Gasteiger partial charge in [-0.2, -0.15) is 9.97 Å². The smallest absolute Gasteiger partial charge is 0.316 e. The third-order valence-corrected chi connectivity index (χ3v) is 3.13. The normalized spacial score (nSPS) is 10.4. The first-order valence-corrected chi connectivity index (χ1v) is 6.89. The zero-order valence-corrected chi connectivity index (χ0v) is 13.0. The van der Waals surface area contributed by atoms with E-state index in [0.717, 1.165) is 0 Å². The van der Waals surface area contributed by atoms with Crippen LogP contribution >= 0.6 is 0 Å². The van der Waals surface area contributed by atoms with E-state index >= 15 is 0 Å². The summed E-state index contributed by atoms with van der Waals surface area (Å²) < 4.78 is 6.61. The van der Waals surface area contributed by atoms with Crippen LogP contribution in [0.4, 0.5) is 5.69 Å². The van der Waals surface area contributed by atoms with Gasteiger partial charge in [-0.3, -0.25) is 9.59 Å². The van der Waals surface area contributed by atoms with E-state index in [1.165, 1.54) is 10.6 Å². The van der Waals surface area contributed by atoms with Gasteiger partial charge < -0.3 is 14.6 Å². The fourth-order valence-corrected chi connectivity index (χ4v) is 2.01. The average molecular weight is 302 g/mol. The van der Waals surface area contributed by atoms with Crippen molar-refractivity contribution in [3.63, 3.8) is 0 Å². The highest BCUT2D eigenvalue weighted by Crippen LogP contribution is 2.20. The summed E-state index contributed by atoms with van der Waals surface area (Å²) in [6.45, 7) is 5.80. The number of carbonyl (C=O) groups excluding carboxylic acids is 1. The van der Waals surface area contributed by atoms with Crippen LogP contribution < -0.4 is 15.6 Å². The number of hydrogen-bond donors (Lipinski definition) is 1. The number of anilines is 1. The first kappa shape index (κ1) is 15.7. The second kappa shape index (κ2) is 6.38. The van der Waals surface area contributed by atoms with Gasteiger partial charge in [0, 0.05) is 13.2 Å². The molecule has 2 rings (SSSR count). The van der Waals surface area contributed by atoms with Gasteiger partial charge in [0.25, 0.3) is 11.5 Å². The Balaban J connectivity index is 2.33. The van der Waals surface area contributed by atoms with E-state index in [0.29, 0.717) is 23.7 Å². The Labute approximate surface area is 128 Å². The molecule has 0 aliphatic heterocycles. The lowest BCUT2D eigenvalue weighted by atomic mass is 10.2. The highest BCUT2D eigenvalue weighted by atomic mass is 16.5. The van der Waals surface area contributed by atoms with Gasteiger partial charge in [-0.1, -0.05) is 0 Å². The monoisotopic (exact) mass is 302 g/mol. The van der Waals surface area contributed by atoms with E-state index in [9.17, 15) is 9.59 Å². The lowest BCUT2D eigenvalue weighted by Crippen LogP contribution is -2.27. The summed E-state index contributed by atoms with van der Waals surface area (Å²) in [5, 5.41) is 2.70. The predicted octanol–water partition coefficient (Wildman–Crippen LogP) is 1.44. The minimum absolute atomic E-state index is 0.0673. The number of nitrogens with one attached hydrogen (secondary N) is 1. The number of carbonyl (C=O) groups is 1. The van der Waals surface area contributed by atoms with E-state index < -0.39 is 5.91 Å². The predicted molar refractivity (Wildman–Crippen MR) is 82.3 cm³/mol. The number of pyridine rings is 1. The Morgan fingerprint density at radius 1 is 1.32 bits per heavy atom. The molecule has 1 N–H and O–H groups in total. The highest BCUT2D eigenvalue weighted by molar-refractivity contribution is 6.04. The number of aryl methyl sites for hydroxylation is 3. The van der Waals surface area contributed by atoms with Crippen LogP contribution in [0.1, 0.15) is 28.7 Å². The van der Waals surface area contributed by atoms with E-state index in [4.69, 9.17) is 4.74 Å². The molecule has 0 bridgehead atoms. The van der Waals surface area contributed by atoms with Gasteiger partial charge >= 0.3 is 6.01 Å². The number of ether oxygens (including phenoxy) is 1. The van der Waals surface area contributed by atoms with Crippen LogP contribution in [0.2, 0.25) is 0 Å². The summed E-state index contributed by atoms with van der Waals surface area (Å²) in [5.41, 5.74) is 1.35. The molecule has 0 radical (unpaired) electrons. The molecule has 2 heterocycles. The standard InChI is InChI=1S/C15H18N4O3/c1-5-22-15-16-9(2)12(10(3)17-15)18-13(20)11-7-6-8-19(4)14(11)21/h6-8H,5H2,1-4H3,(H,18,20).